The highest BCUT2D eigenvalue weighted by atomic mass is 19.4. The largest absolute Gasteiger partial charge is 0.492 e. The molecule has 2 aromatic carbocycles. The highest BCUT2D eigenvalue weighted by Crippen LogP contribution is 2.32. The van der Waals surface area contributed by atoms with Crippen LogP contribution in [0.4, 0.5) is 18.9 Å². The number of anilines is 1. The smallest absolute Gasteiger partial charge is 0.416 e. The number of carbonyl (C=O) groups excluding carboxylic acids is 2. The number of halogens is 3. The van der Waals surface area contributed by atoms with E-state index in [0.29, 0.717) is 38.3 Å². The molecule has 2 aliphatic rings. The second-order valence-electron chi connectivity index (χ2n) is 7.84. The van der Waals surface area contributed by atoms with Crippen LogP contribution in [0.3, 0.4) is 0 Å². The summed E-state index contributed by atoms with van der Waals surface area (Å²) in [4.78, 5) is 28.2. The Morgan fingerprint density at radius 3 is 2.53 bits per heavy atom. The van der Waals surface area contributed by atoms with Gasteiger partial charge in [-0.3, -0.25) is 9.59 Å². The van der Waals surface area contributed by atoms with Crippen molar-refractivity contribution in [3.8, 4) is 5.75 Å². The zero-order chi connectivity index (χ0) is 22.7. The van der Waals surface area contributed by atoms with Crippen molar-refractivity contribution in [2.24, 2.45) is 5.92 Å². The molecule has 0 radical (unpaired) electrons. The quantitative estimate of drug-likeness (QED) is 0.673. The van der Waals surface area contributed by atoms with Gasteiger partial charge in [0.05, 0.1) is 11.5 Å². The molecule has 2 heterocycles. The molecule has 0 aliphatic carbocycles. The Labute approximate surface area is 183 Å². The summed E-state index contributed by atoms with van der Waals surface area (Å²) in [6.45, 7) is 1.32. The molecule has 1 saturated heterocycles. The molecule has 9 heteroatoms. The number of alkyl halides is 3. The molecule has 4 rings (SSSR count). The second kappa shape index (κ2) is 9.10. The number of rotatable bonds is 4. The van der Waals surface area contributed by atoms with Crippen LogP contribution in [0, 0.1) is 5.92 Å². The molecule has 170 valence electrons. The Hall–Kier alpha value is -3.23. The van der Waals surface area contributed by atoms with Crippen molar-refractivity contribution in [1.82, 2.24) is 4.90 Å². The summed E-state index contributed by atoms with van der Waals surface area (Å²) in [5, 5.41) is 0. The molecule has 2 aliphatic heterocycles. The summed E-state index contributed by atoms with van der Waals surface area (Å²) in [6.07, 6.45) is -3.90. The number of amides is 1. The maximum Gasteiger partial charge on any atom is 0.416 e. The average Bonchev–Trinajstić information content (AvgIpc) is 2.81. The fraction of sp³-hybridized carbons (Fsp3) is 0.391. The fourth-order valence-corrected chi connectivity index (χ4v) is 3.91. The van der Waals surface area contributed by atoms with Crippen LogP contribution in [0.5, 0.6) is 5.75 Å². The number of hydrogen-bond donors (Lipinski definition) is 0. The van der Waals surface area contributed by atoms with E-state index in [2.05, 4.69) is 0 Å². The first-order valence-electron chi connectivity index (χ1n) is 10.4. The molecule has 2 aromatic rings. The fourth-order valence-electron chi connectivity index (χ4n) is 3.91. The number of carbonyl (C=O) groups is 2. The lowest BCUT2D eigenvalue weighted by Gasteiger charge is -2.36. The van der Waals surface area contributed by atoms with Crippen LogP contribution in [0.1, 0.15) is 11.1 Å². The van der Waals surface area contributed by atoms with Crippen molar-refractivity contribution in [1.29, 1.82) is 0 Å². The number of ether oxygens (including phenoxy) is 2. The lowest BCUT2D eigenvalue weighted by Crippen LogP contribution is -2.50. The van der Waals surface area contributed by atoms with Crippen LogP contribution in [-0.2, 0) is 26.9 Å². The Bertz CT molecular complexity index is 987. The summed E-state index contributed by atoms with van der Waals surface area (Å²) in [5.74, 6) is -0.503. The monoisotopic (exact) mass is 448 g/mol. The van der Waals surface area contributed by atoms with Crippen molar-refractivity contribution < 1.29 is 32.2 Å². The number of esters is 1. The van der Waals surface area contributed by atoms with Gasteiger partial charge in [-0.1, -0.05) is 24.3 Å². The van der Waals surface area contributed by atoms with Crippen LogP contribution in [-0.4, -0.2) is 56.2 Å². The van der Waals surface area contributed by atoms with Gasteiger partial charge in [-0.25, -0.2) is 0 Å². The molecule has 1 unspecified atom stereocenters. The Morgan fingerprint density at radius 2 is 1.78 bits per heavy atom. The summed E-state index contributed by atoms with van der Waals surface area (Å²) >= 11 is 0. The highest BCUT2D eigenvalue weighted by molar-refractivity contribution is 5.82. The number of hydrogen-bond acceptors (Lipinski definition) is 5. The van der Waals surface area contributed by atoms with E-state index >= 15 is 0 Å². The third-order valence-corrected chi connectivity index (χ3v) is 5.72. The number of fused-ring (bicyclic) bond motifs is 1. The van der Waals surface area contributed by atoms with Gasteiger partial charge in [-0.05, 0) is 36.2 Å². The second-order valence-corrected chi connectivity index (χ2v) is 7.84. The minimum absolute atomic E-state index is 0.208. The van der Waals surface area contributed by atoms with Gasteiger partial charge in [-0.2, -0.15) is 13.2 Å². The average molecular weight is 448 g/mol. The minimum Gasteiger partial charge on any atom is -0.492 e. The summed E-state index contributed by atoms with van der Waals surface area (Å²) in [7, 11) is 0. The third kappa shape index (κ3) is 4.98. The van der Waals surface area contributed by atoms with Gasteiger partial charge in [0.2, 0.25) is 0 Å². The lowest BCUT2D eigenvalue weighted by molar-refractivity contribution is -0.156. The summed E-state index contributed by atoms with van der Waals surface area (Å²) in [6, 6.07) is 12.6. The van der Waals surface area contributed by atoms with Crippen LogP contribution in [0.2, 0.25) is 0 Å². The Kier molecular flexibility index (Phi) is 6.25. The summed E-state index contributed by atoms with van der Waals surface area (Å²) in [5.41, 5.74) is 0.698. The first-order chi connectivity index (χ1) is 15.3. The maximum atomic E-state index is 12.9. The molecular weight excluding hydrogens is 425 g/mol. The third-order valence-electron chi connectivity index (χ3n) is 5.72. The molecule has 0 bridgehead atoms. The molecule has 1 atom stereocenters. The van der Waals surface area contributed by atoms with Gasteiger partial charge >= 0.3 is 12.1 Å². The summed E-state index contributed by atoms with van der Waals surface area (Å²) < 4.78 is 49.6. The molecule has 32 heavy (non-hydrogen) atoms. The lowest BCUT2D eigenvalue weighted by atomic mass is 9.97. The van der Waals surface area contributed by atoms with E-state index in [9.17, 15) is 22.8 Å². The normalized spacial score (nSPS) is 18.5. The van der Waals surface area contributed by atoms with E-state index in [1.165, 1.54) is 6.07 Å². The van der Waals surface area contributed by atoms with E-state index in [4.69, 9.17) is 9.47 Å². The van der Waals surface area contributed by atoms with Crippen molar-refractivity contribution in [2.75, 3.05) is 44.3 Å². The van der Waals surface area contributed by atoms with E-state index in [0.717, 1.165) is 23.4 Å². The standard InChI is InChI=1S/C23H23F3N2O4/c24-23(25,26)18-5-3-6-19(13-18)27-8-10-28(11-9-27)21(29)15-32-22(30)17-12-16-4-1-2-7-20(16)31-14-17/h1-7,13,17H,8-12,14-15H2. The SMILES string of the molecule is O=C(OCC(=O)N1CCN(c2cccc(C(F)(F)F)c2)CC1)C1COc2ccccc2C1. The highest BCUT2D eigenvalue weighted by Gasteiger charge is 2.32. The van der Waals surface area contributed by atoms with E-state index in [1.54, 1.807) is 11.0 Å². The van der Waals surface area contributed by atoms with Gasteiger partial charge in [-0.15, -0.1) is 0 Å². The molecule has 1 amide bonds. The molecule has 0 saturated carbocycles. The van der Waals surface area contributed by atoms with Crippen molar-refractivity contribution >= 4 is 17.6 Å². The van der Waals surface area contributed by atoms with E-state index in [1.807, 2.05) is 29.2 Å². The first kappa shape index (κ1) is 22.0. The zero-order valence-electron chi connectivity index (χ0n) is 17.3. The molecular formula is C23H23F3N2O4. The van der Waals surface area contributed by atoms with E-state index < -0.39 is 23.6 Å². The van der Waals surface area contributed by atoms with Gasteiger partial charge in [0.15, 0.2) is 6.61 Å². The number of para-hydroxylation sites is 1. The van der Waals surface area contributed by atoms with Crippen LogP contribution in [0.25, 0.3) is 0 Å². The van der Waals surface area contributed by atoms with Crippen LogP contribution < -0.4 is 9.64 Å². The van der Waals surface area contributed by atoms with Gasteiger partial charge in [0.1, 0.15) is 12.4 Å². The minimum atomic E-state index is -4.40. The van der Waals surface area contributed by atoms with Crippen LogP contribution >= 0.6 is 0 Å². The first-order valence-corrected chi connectivity index (χ1v) is 10.4. The van der Waals surface area contributed by atoms with E-state index in [-0.39, 0.29) is 19.1 Å². The number of nitrogens with zero attached hydrogens (tertiary/aromatic N) is 2. The van der Waals surface area contributed by atoms with Crippen molar-refractivity contribution in [2.45, 2.75) is 12.6 Å². The Balaban J connectivity index is 1.25. The molecule has 0 N–H and O–H groups in total. The van der Waals surface area contributed by atoms with Gasteiger partial charge in [0.25, 0.3) is 5.91 Å². The predicted octanol–water partition coefficient (Wildman–Crippen LogP) is 3.15. The molecule has 0 aromatic heterocycles. The number of piperazine rings is 1. The van der Waals surface area contributed by atoms with Crippen LogP contribution in [0.15, 0.2) is 48.5 Å². The Morgan fingerprint density at radius 1 is 1.03 bits per heavy atom. The van der Waals surface area contributed by atoms with Crippen molar-refractivity contribution in [3.05, 3.63) is 59.7 Å². The van der Waals surface area contributed by atoms with Gasteiger partial charge in [0, 0.05) is 31.9 Å². The maximum absolute atomic E-state index is 12.9. The molecule has 6 nitrogen and oxygen atoms in total. The molecule has 1 fully saturated rings. The molecule has 0 spiro atoms. The predicted molar refractivity (Wildman–Crippen MR) is 110 cm³/mol. The zero-order valence-corrected chi connectivity index (χ0v) is 17.3. The topological polar surface area (TPSA) is 59.1 Å². The van der Waals surface area contributed by atoms with Gasteiger partial charge < -0.3 is 19.3 Å². The number of benzene rings is 2. The van der Waals surface area contributed by atoms with Crippen molar-refractivity contribution in [3.63, 3.8) is 0 Å².